The van der Waals surface area contributed by atoms with Crippen LogP contribution in [0.25, 0.3) is 6.08 Å². The van der Waals surface area contributed by atoms with E-state index in [9.17, 15) is 14.9 Å². The first kappa shape index (κ1) is 14.7. The second-order valence-electron chi connectivity index (χ2n) is 3.74. The normalized spacial score (nSPS) is 12.1. The van der Waals surface area contributed by atoms with Gasteiger partial charge >= 0.3 is 12.0 Å². The van der Waals surface area contributed by atoms with Gasteiger partial charge in [-0.05, 0) is 17.7 Å². The molecule has 0 aliphatic rings. The van der Waals surface area contributed by atoms with Crippen molar-refractivity contribution in [3.05, 3.63) is 46.0 Å². The van der Waals surface area contributed by atoms with Crippen molar-refractivity contribution >= 4 is 12.0 Å². The van der Waals surface area contributed by atoms with Crippen LogP contribution in [0.2, 0.25) is 0 Å². The number of esters is 1. The Hall–Kier alpha value is -2.37. The maximum atomic E-state index is 11.2. The van der Waals surface area contributed by atoms with Crippen LogP contribution in [-0.2, 0) is 9.53 Å². The zero-order chi connectivity index (χ0) is 14.3. The Kier molecular flexibility index (Phi) is 5.53. The monoisotopic (exact) mass is 265 g/mol. The number of carbonyl (C=O) groups is 1. The fourth-order valence-corrected chi connectivity index (χ4v) is 1.48. The summed E-state index contributed by atoms with van der Waals surface area (Å²) in [4.78, 5) is 21.2. The van der Waals surface area contributed by atoms with Crippen LogP contribution in [0, 0.1) is 10.1 Å². The summed E-state index contributed by atoms with van der Waals surface area (Å²) < 4.78 is 9.44. The van der Waals surface area contributed by atoms with Gasteiger partial charge < -0.3 is 9.47 Å². The lowest BCUT2D eigenvalue weighted by molar-refractivity contribution is -0.509. The number of ether oxygens (including phenoxy) is 2. The molecule has 0 saturated heterocycles. The Labute approximate surface area is 110 Å². The third-order valence-corrected chi connectivity index (χ3v) is 2.49. The molecule has 0 saturated carbocycles. The number of methoxy groups -OCH3 is 2. The number of hydrogen-bond acceptors (Lipinski definition) is 5. The summed E-state index contributed by atoms with van der Waals surface area (Å²) in [5.41, 5.74) is 0.839. The lowest BCUT2D eigenvalue weighted by Crippen LogP contribution is -2.29. The van der Waals surface area contributed by atoms with Gasteiger partial charge in [0.2, 0.25) is 0 Å². The fraction of sp³-hybridized carbons (Fsp3) is 0.308. The lowest BCUT2D eigenvalue weighted by atomic mass is 10.1. The molecule has 6 nitrogen and oxygen atoms in total. The fourth-order valence-electron chi connectivity index (χ4n) is 1.48. The summed E-state index contributed by atoms with van der Waals surface area (Å²) in [5, 5.41) is 10.7. The molecule has 102 valence electrons. The molecule has 1 unspecified atom stereocenters. The van der Waals surface area contributed by atoms with E-state index in [2.05, 4.69) is 4.74 Å². The largest absolute Gasteiger partial charge is 0.497 e. The minimum atomic E-state index is -1.37. The van der Waals surface area contributed by atoms with Crippen molar-refractivity contribution in [2.75, 3.05) is 14.2 Å². The van der Waals surface area contributed by atoms with E-state index in [1.165, 1.54) is 0 Å². The molecule has 0 radical (unpaired) electrons. The number of nitro groups is 1. The maximum absolute atomic E-state index is 11.2. The molecule has 6 heteroatoms. The molecule has 1 aromatic rings. The molecule has 0 fully saturated rings. The predicted octanol–water partition coefficient (Wildman–Crippen LogP) is 1.92. The van der Waals surface area contributed by atoms with E-state index in [1.54, 1.807) is 31.4 Å². The summed E-state index contributed by atoms with van der Waals surface area (Å²) in [5.74, 6) is -0.152. The Morgan fingerprint density at radius 1 is 1.47 bits per heavy atom. The first-order valence-electron chi connectivity index (χ1n) is 5.60. The molecule has 0 bridgehead atoms. The molecule has 0 amide bonds. The van der Waals surface area contributed by atoms with Crippen LogP contribution in [0.1, 0.15) is 12.0 Å². The molecule has 1 aromatic carbocycles. The van der Waals surface area contributed by atoms with Crippen LogP contribution in [0.5, 0.6) is 5.75 Å². The molecular weight excluding hydrogens is 250 g/mol. The average Bonchev–Trinajstić information content (AvgIpc) is 2.42. The molecule has 0 aromatic heterocycles. The van der Waals surface area contributed by atoms with E-state index in [1.807, 2.05) is 12.1 Å². The zero-order valence-corrected chi connectivity index (χ0v) is 10.7. The average molecular weight is 265 g/mol. The van der Waals surface area contributed by atoms with Crippen molar-refractivity contribution in [3.8, 4) is 5.75 Å². The van der Waals surface area contributed by atoms with Gasteiger partial charge in [0.25, 0.3) is 0 Å². The number of rotatable bonds is 6. The second-order valence-corrected chi connectivity index (χ2v) is 3.74. The summed E-state index contributed by atoms with van der Waals surface area (Å²) in [6.45, 7) is 0. The van der Waals surface area contributed by atoms with Crippen LogP contribution < -0.4 is 4.74 Å². The second kappa shape index (κ2) is 7.15. The van der Waals surface area contributed by atoms with Crippen molar-refractivity contribution in [3.63, 3.8) is 0 Å². The van der Waals surface area contributed by atoms with Gasteiger partial charge in [0.05, 0.1) is 14.2 Å². The van der Waals surface area contributed by atoms with E-state index in [-0.39, 0.29) is 6.42 Å². The highest BCUT2D eigenvalue weighted by atomic mass is 16.6. The molecule has 0 aliphatic carbocycles. The minimum absolute atomic E-state index is 0.0170. The highest BCUT2D eigenvalue weighted by Gasteiger charge is 2.28. The summed E-state index contributed by atoms with van der Waals surface area (Å²) in [7, 11) is 2.69. The van der Waals surface area contributed by atoms with Crippen molar-refractivity contribution in [1.29, 1.82) is 0 Å². The zero-order valence-electron chi connectivity index (χ0n) is 10.7. The smallest absolute Gasteiger partial charge is 0.381 e. The van der Waals surface area contributed by atoms with E-state index in [0.29, 0.717) is 5.75 Å². The molecule has 0 spiro atoms. The SMILES string of the molecule is COC(=O)C(C/C=C/c1cccc(OC)c1)[N+](=O)[O-]. The van der Waals surface area contributed by atoms with Gasteiger partial charge in [-0.3, -0.25) is 10.1 Å². The Morgan fingerprint density at radius 3 is 2.79 bits per heavy atom. The third kappa shape index (κ3) is 4.42. The molecule has 0 N–H and O–H groups in total. The van der Waals surface area contributed by atoms with Gasteiger partial charge in [0.15, 0.2) is 0 Å². The van der Waals surface area contributed by atoms with Crippen molar-refractivity contribution in [2.24, 2.45) is 0 Å². The van der Waals surface area contributed by atoms with E-state index >= 15 is 0 Å². The molecule has 0 heterocycles. The van der Waals surface area contributed by atoms with Crippen LogP contribution in [0.15, 0.2) is 30.3 Å². The standard InChI is InChI=1S/C13H15NO5/c1-18-11-7-3-5-10(9-11)6-4-8-12(14(16)17)13(15)19-2/h3-7,9,12H,8H2,1-2H3/b6-4+. The molecule has 19 heavy (non-hydrogen) atoms. The maximum Gasteiger partial charge on any atom is 0.381 e. The highest BCUT2D eigenvalue weighted by Crippen LogP contribution is 2.14. The van der Waals surface area contributed by atoms with Crippen LogP contribution in [0.3, 0.4) is 0 Å². The van der Waals surface area contributed by atoms with Crippen LogP contribution >= 0.6 is 0 Å². The minimum Gasteiger partial charge on any atom is -0.497 e. The van der Waals surface area contributed by atoms with Crippen molar-refractivity contribution in [1.82, 2.24) is 0 Å². The quantitative estimate of drug-likeness (QED) is 0.446. The topological polar surface area (TPSA) is 78.7 Å². The number of nitrogens with zero attached hydrogens (tertiary/aromatic N) is 1. The molecule has 1 atom stereocenters. The van der Waals surface area contributed by atoms with Gasteiger partial charge in [-0.1, -0.05) is 24.3 Å². The Bertz CT molecular complexity index is 484. The highest BCUT2D eigenvalue weighted by molar-refractivity contribution is 5.74. The van der Waals surface area contributed by atoms with Crippen molar-refractivity contribution in [2.45, 2.75) is 12.5 Å². The third-order valence-electron chi connectivity index (χ3n) is 2.49. The van der Waals surface area contributed by atoms with Crippen LogP contribution in [-0.4, -0.2) is 31.2 Å². The van der Waals surface area contributed by atoms with Gasteiger partial charge in [-0.15, -0.1) is 0 Å². The van der Waals surface area contributed by atoms with E-state index in [4.69, 9.17) is 4.74 Å². The number of hydrogen-bond donors (Lipinski definition) is 0. The van der Waals surface area contributed by atoms with E-state index < -0.39 is 16.9 Å². The Balaban J connectivity index is 2.70. The van der Waals surface area contributed by atoms with Gasteiger partial charge in [0, 0.05) is 11.3 Å². The summed E-state index contributed by atoms with van der Waals surface area (Å²) >= 11 is 0. The van der Waals surface area contributed by atoms with Crippen LogP contribution in [0.4, 0.5) is 0 Å². The predicted molar refractivity (Wildman–Crippen MR) is 69.4 cm³/mol. The lowest BCUT2D eigenvalue weighted by Gasteiger charge is -2.04. The molecular formula is C13H15NO5. The summed E-state index contributed by atoms with van der Waals surface area (Å²) in [6, 6.07) is 5.86. The van der Waals surface area contributed by atoms with E-state index in [0.717, 1.165) is 12.7 Å². The van der Waals surface area contributed by atoms with Crippen molar-refractivity contribution < 1.29 is 19.2 Å². The first-order valence-corrected chi connectivity index (χ1v) is 5.60. The Morgan fingerprint density at radius 2 is 2.21 bits per heavy atom. The number of benzene rings is 1. The number of carbonyl (C=O) groups excluding carboxylic acids is 1. The van der Waals surface area contributed by atoms with Gasteiger partial charge in [0.1, 0.15) is 5.75 Å². The first-order chi connectivity index (χ1) is 9.08. The van der Waals surface area contributed by atoms with Gasteiger partial charge in [-0.25, -0.2) is 4.79 Å². The van der Waals surface area contributed by atoms with Gasteiger partial charge in [-0.2, -0.15) is 0 Å². The molecule has 0 aliphatic heterocycles. The molecule has 1 rings (SSSR count). The summed E-state index contributed by atoms with van der Waals surface area (Å²) in [6.07, 6.45) is 3.25.